The van der Waals surface area contributed by atoms with Crippen molar-refractivity contribution in [1.29, 1.82) is 0 Å². The molecular weight excluding hydrogens is 536 g/mol. The minimum absolute atomic E-state index is 0.0199. The average molecular weight is 581 g/mol. The number of nitrogens with zero attached hydrogens (tertiary/aromatic N) is 2. The van der Waals surface area contributed by atoms with Crippen LogP contribution in [-0.4, -0.2) is 62.4 Å². The first-order chi connectivity index (χ1) is 19.7. The molecule has 41 heavy (non-hydrogen) atoms. The Morgan fingerprint density at radius 2 is 2.00 bits per heavy atom. The van der Waals surface area contributed by atoms with Crippen LogP contribution in [0.25, 0.3) is 0 Å². The Balaban J connectivity index is 1.55. The van der Waals surface area contributed by atoms with Crippen LogP contribution >= 0.6 is 11.6 Å². The number of benzene rings is 2. The minimum atomic E-state index is -1.30. The first-order valence-corrected chi connectivity index (χ1v) is 15.5. The fraction of sp³-hybridized carbons (Fsp3) is 0.559. The average Bonchev–Trinajstić information content (AvgIpc) is 3.11. The van der Waals surface area contributed by atoms with Crippen LogP contribution in [-0.2, 0) is 21.6 Å². The molecule has 0 aromatic heterocycles. The van der Waals surface area contributed by atoms with Crippen molar-refractivity contribution in [3.05, 3.63) is 70.3 Å². The standard InChI is InChI=1S/C34H45ClN2O4/c1-5-8-23-17-27(35)12-14-28(23)25-21-37-20-24-10-13-29(24)31(40-4)9-6-7-16-36(3)33(38)19-34(2,39)26-11-15-32(41-22-25)30(37)18-26/h6,9,11-12,14-15,17-18,24-25,29,31,39H,5,7-8,10,13,16,19-22H2,1-4H3/b9-6+/t24?,25?,29?,31?,34-/m1/s1. The van der Waals surface area contributed by atoms with Crippen LogP contribution in [0.4, 0.5) is 5.69 Å². The smallest absolute Gasteiger partial charge is 0.225 e. The van der Waals surface area contributed by atoms with Crippen molar-refractivity contribution in [3.63, 3.8) is 0 Å². The second-order valence-corrected chi connectivity index (χ2v) is 12.8. The van der Waals surface area contributed by atoms with E-state index in [9.17, 15) is 9.90 Å². The van der Waals surface area contributed by atoms with Crippen LogP contribution in [0.5, 0.6) is 5.75 Å². The van der Waals surface area contributed by atoms with E-state index < -0.39 is 5.60 Å². The number of hydrogen-bond donors (Lipinski definition) is 1. The van der Waals surface area contributed by atoms with E-state index in [0.717, 1.165) is 67.2 Å². The summed E-state index contributed by atoms with van der Waals surface area (Å²) in [5.41, 5.74) is 3.00. The van der Waals surface area contributed by atoms with E-state index in [1.54, 1.807) is 26.0 Å². The third-order valence-electron chi connectivity index (χ3n) is 9.37. The number of amides is 1. The molecule has 6 nitrogen and oxygen atoms in total. The number of hydrogen-bond acceptors (Lipinski definition) is 5. The van der Waals surface area contributed by atoms with Crippen LogP contribution < -0.4 is 9.64 Å². The summed E-state index contributed by atoms with van der Waals surface area (Å²) in [6.07, 6.45) is 9.48. The van der Waals surface area contributed by atoms with Gasteiger partial charge in [-0.25, -0.2) is 0 Å². The highest BCUT2D eigenvalue weighted by molar-refractivity contribution is 6.30. The van der Waals surface area contributed by atoms with Crippen molar-refractivity contribution in [2.75, 3.05) is 45.3 Å². The summed E-state index contributed by atoms with van der Waals surface area (Å²) in [4.78, 5) is 17.3. The number of carbonyl (C=O) groups is 1. The summed E-state index contributed by atoms with van der Waals surface area (Å²) in [5, 5.41) is 12.3. The van der Waals surface area contributed by atoms with Gasteiger partial charge in [-0.15, -0.1) is 0 Å². The van der Waals surface area contributed by atoms with E-state index in [1.165, 1.54) is 11.1 Å². The number of carbonyl (C=O) groups excluding carboxylic acids is 1. The van der Waals surface area contributed by atoms with E-state index in [4.69, 9.17) is 21.1 Å². The number of aryl methyl sites for hydroxylation is 1. The molecule has 1 aliphatic carbocycles. The van der Waals surface area contributed by atoms with Gasteiger partial charge in [-0.1, -0.05) is 49.2 Å². The van der Waals surface area contributed by atoms with Gasteiger partial charge in [-0.05, 0) is 85.4 Å². The first kappa shape index (κ1) is 29.9. The fourth-order valence-electron chi connectivity index (χ4n) is 6.74. The predicted molar refractivity (Wildman–Crippen MR) is 165 cm³/mol. The Kier molecular flexibility index (Phi) is 9.32. The van der Waals surface area contributed by atoms with Crippen LogP contribution in [0.3, 0.4) is 0 Å². The van der Waals surface area contributed by atoms with Crippen molar-refractivity contribution in [1.82, 2.24) is 4.90 Å². The molecule has 2 aliphatic heterocycles. The van der Waals surface area contributed by atoms with Gasteiger partial charge in [0.1, 0.15) is 5.75 Å². The highest BCUT2D eigenvalue weighted by atomic mass is 35.5. The molecule has 7 heteroatoms. The van der Waals surface area contributed by atoms with Crippen LogP contribution in [0, 0.1) is 11.8 Å². The molecule has 0 saturated heterocycles. The number of halogens is 1. The van der Waals surface area contributed by atoms with Crippen molar-refractivity contribution < 1.29 is 19.4 Å². The van der Waals surface area contributed by atoms with E-state index >= 15 is 0 Å². The molecule has 1 amide bonds. The Morgan fingerprint density at radius 1 is 1.17 bits per heavy atom. The zero-order valence-corrected chi connectivity index (χ0v) is 25.7. The van der Waals surface area contributed by atoms with Gasteiger partial charge in [0.2, 0.25) is 5.91 Å². The monoisotopic (exact) mass is 580 g/mol. The van der Waals surface area contributed by atoms with Gasteiger partial charge in [0.15, 0.2) is 0 Å². The van der Waals surface area contributed by atoms with Crippen molar-refractivity contribution in [2.45, 2.75) is 70.0 Å². The summed E-state index contributed by atoms with van der Waals surface area (Å²) in [6.45, 7) is 6.80. The lowest BCUT2D eigenvalue weighted by molar-refractivity contribution is -0.134. The van der Waals surface area contributed by atoms with Crippen LogP contribution in [0.1, 0.15) is 68.6 Å². The van der Waals surface area contributed by atoms with E-state index in [2.05, 4.69) is 36.1 Å². The van der Waals surface area contributed by atoms with Crippen LogP contribution in [0.2, 0.25) is 5.02 Å². The van der Waals surface area contributed by atoms with Gasteiger partial charge in [0, 0.05) is 44.7 Å². The van der Waals surface area contributed by atoms with Gasteiger partial charge in [0.25, 0.3) is 0 Å². The molecular formula is C34H45ClN2O4. The Morgan fingerprint density at radius 3 is 2.73 bits per heavy atom. The SMILES string of the molecule is CCCc1cc(Cl)ccc1C1COc2ccc3cc2N(C1)CC1CCC1C(OC)/C=C/CCN(C)C(=O)C[C@@]3(C)O. The molecule has 2 aromatic rings. The quantitative estimate of drug-likeness (QED) is 0.428. The van der Waals surface area contributed by atoms with Crippen LogP contribution in [0.15, 0.2) is 48.6 Å². The molecule has 1 fully saturated rings. The molecule has 222 valence electrons. The second-order valence-electron chi connectivity index (χ2n) is 12.4. The topological polar surface area (TPSA) is 62.2 Å². The minimum Gasteiger partial charge on any atom is -0.491 e. The van der Waals surface area contributed by atoms with E-state index in [1.807, 2.05) is 24.3 Å². The van der Waals surface area contributed by atoms with Crippen molar-refractivity contribution >= 4 is 23.2 Å². The summed E-state index contributed by atoms with van der Waals surface area (Å²) >= 11 is 6.42. The molecule has 3 aliphatic rings. The zero-order valence-electron chi connectivity index (χ0n) is 24.9. The van der Waals surface area contributed by atoms with Crippen molar-refractivity contribution in [3.8, 4) is 5.75 Å². The highest BCUT2D eigenvalue weighted by Gasteiger charge is 2.39. The normalized spacial score (nSPS) is 29.7. The third-order valence-corrected chi connectivity index (χ3v) is 9.61. The fourth-order valence-corrected chi connectivity index (χ4v) is 6.93. The van der Waals surface area contributed by atoms with Crippen molar-refractivity contribution in [2.24, 2.45) is 11.8 Å². The van der Waals surface area contributed by atoms with Gasteiger partial charge in [-0.3, -0.25) is 4.79 Å². The lowest BCUT2D eigenvalue weighted by Crippen LogP contribution is -2.44. The van der Waals surface area contributed by atoms with Gasteiger partial charge in [-0.2, -0.15) is 0 Å². The molecule has 0 spiro atoms. The lowest BCUT2D eigenvalue weighted by atomic mass is 9.70. The molecule has 2 aromatic carbocycles. The number of methoxy groups -OCH3 is 1. The van der Waals surface area contributed by atoms with E-state index in [0.29, 0.717) is 25.0 Å². The number of anilines is 1. The van der Waals surface area contributed by atoms with Gasteiger partial charge >= 0.3 is 0 Å². The molecule has 1 N–H and O–H groups in total. The lowest BCUT2D eigenvalue weighted by Gasteiger charge is -2.43. The second kappa shape index (κ2) is 12.8. The zero-order chi connectivity index (χ0) is 29.1. The summed E-state index contributed by atoms with van der Waals surface area (Å²) < 4.78 is 12.5. The number of aliphatic hydroxyl groups is 1. The third kappa shape index (κ3) is 6.60. The maximum Gasteiger partial charge on any atom is 0.225 e. The summed E-state index contributed by atoms with van der Waals surface area (Å²) in [5.74, 6) is 1.83. The Bertz CT molecular complexity index is 1260. The first-order valence-electron chi connectivity index (χ1n) is 15.2. The summed E-state index contributed by atoms with van der Waals surface area (Å²) in [6, 6.07) is 12.2. The van der Waals surface area contributed by atoms with E-state index in [-0.39, 0.29) is 24.3 Å². The Hall–Kier alpha value is -2.54. The molecule has 4 unspecified atom stereocenters. The maximum atomic E-state index is 13.1. The van der Waals surface area contributed by atoms with Gasteiger partial charge < -0.3 is 24.4 Å². The Labute approximate surface area is 250 Å². The largest absolute Gasteiger partial charge is 0.491 e. The number of fused-ring (bicyclic) bond motifs is 2. The molecule has 2 bridgehead atoms. The number of rotatable bonds is 4. The molecule has 5 rings (SSSR count). The number of ether oxygens (including phenoxy) is 2. The molecule has 0 radical (unpaired) electrons. The molecule has 5 atom stereocenters. The summed E-state index contributed by atoms with van der Waals surface area (Å²) in [7, 11) is 3.61. The molecule has 1 saturated carbocycles. The molecule has 2 heterocycles. The predicted octanol–water partition coefficient (Wildman–Crippen LogP) is 6.33. The maximum absolute atomic E-state index is 13.1. The highest BCUT2D eigenvalue weighted by Crippen LogP contribution is 2.44. The van der Waals surface area contributed by atoms with Gasteiger partial charge in [0.05, 0.1) is 30.4 Å².